The lowest BCUT2D eigenvalue weighted by atomic mass is 10.2. The average molecular weight is 257 g/mol. The molecule has 1 atom stereocenters. The van der Waals surface area contributed by atoms with Crippen molar-refractivity contribution < 1.29 is 14.6 Å². The summed E-state index contributed by atoms with van der Waals surface area (Å²) >= 11 is 1.44. The van der Waals surface area contributed by atoms with Crippen molar-refractivity contribution in [3.8, 4) is 0 Å². The largest absolute Gasteiger partial charge is 0.465 e. The molecule has 1 N–H and O–H groups in total. The maximum atomic E-state index is 11.4. The number of methoxy groups -OCH3 is 1. The first-order valence-corrected chi connectivity index (χ1v) is 6.30. The third-order valence-corrected chi connectivity index (χ3v) is 3.92. The van der Waals surface area contributed by atoms with Gasteiger partial charge in [0.1, 0.15) is 4.88 Å². The number of aryl methyl sites for hydroxylation is 1. The van der Waals surface area contributed by atoms with Gasteiger partial charge in [-0.25, -0.2) is 4.79 Å². The molecule has 1 aromatic rings. The van der Waals surface area contributed by atoms with Crippen molar-refractivity contribution in [3.05, 3.63) is 21.4 Å². The molecule has 0 aliphatic rings. The minimum atomic E-state index is -0.290. The molecule has 0 bridgehead atoms. The molecule has 0 fully saturated rings. The molecule has 96 valence electrons. The van der Waals surface area contributed by atoms with E-state index in [1.165, 1.54) is 18.4 Å². The van der Waals surface area contributed by atoms with Crippen molar-refractivity contribution in [2.45, 2.75) is 26.4 Å². The molecule has 0 aromatic carbocycles. The second kappa shape index (κ2) is 6.14. The number of esters is 1. The number of hydrogen-bond acceptors (Lipinski definition) is 5. The Balaban J connectivity index is 2.78. The number of rotatable bonds is 5. The molecule has 1 unspecified atom stereocenters. The predicted octanol–water partition coefficient (Wildman–Crippen LogP) is 1.66. The molecule has 1 rings (SSSR count). The van der Waals surface area contributed by atoms with Gasteiger partial charge in [0.25, 0.3) is 0 Å². The van der Waals surface area contributed by atoms with Crippen LogP contribution in [0.1, 0.15) is 27.0 Å². The van der Waals surface area contributed by atoms with Gasteiger partial charge in [-0.2, -0.15) is 0 Å². The van der Waals surface area contributed by atoms with E-state index in [4.69, 9.17) is 9.84 Å². The van der Waals surface area contributed by atoms with Crippen LogP contribution in [0.3, 0.4) is 0 Å². The molecule has 17 heavy (non-hydrogen) atoms. The zero-order valence-electron chi connectivity index (χ0n) is 10.7. The van der Waals surface area contributed by atoms with E-state index < -0.39 is 0 Å². The molecule has 0 saturated heterocycles. The number of nitrogens with zero attached hydrogens (tertiary/aromatic N) is 1. The Morgan fingerprint density at radius 1 is 1.65 bits per heavy atom. The summed E-state index contributed by atoms with van der Waals surface area (Å²) in [7, 11) is 3.34. The van der Waals surface area contributed by atoms with E-state index in [2.05, 4.69) is 4.90 Å². The summed E-state index contributed by atoms with van der Waals surface area (Å²) in [6.45, 7) is 4.80. The number of likely N-dealkylation sites (N-methyl/N-ethyl adjacent to an activating group) is 1. The van der Waals surface area contributed by atoms with Gasteiger partial charge >= 0.3 is 5.97 Å². The van der Waals surface area contributed by atoms with E-state index in [9.17, 15) is 4.79 Å². The summed E-state index contributed by atoms with van der Waals surface area (Å²) in [6.07, 6.45) is 0. The zero-order valence-corrected chi connectivity index (χ0v) is 11.5. The van der Waals surface area contributed by atoms with Gasteiger partial charge in [0, 0.05) is 17.5 Å². The molecular formula is C12H19NO3S. The number of ether oxygens (including phenoxy) is 1. The smallest absolute Gasteiger partial charge is 0.348 e. The van der Waals surface area contributed by atoms with Crippen LogP contribution < -0.4 is 0 Å². The summed E-state index contributed by atoms with van der Waals surface area (Å²) in [5.41, 5.74) is 1.11. The Bertz CT molecular complexity index is 389. The number of aliphatic hydroxyl groups is 1. The van der Waals surface area contributed by atoms with Gasteiger partial charge < -0.3 is 9.84 Å². The van der Waals surface area contributed by atoms with Gasteiger partial charge in [-0.1, -0.05) is 0 Å². The minimum Gasteiger partial charge on any atom is -0.465 e. The second-order valence-corrected chi connectivity index (χ2v) is 5.39. The van der Waals surface area contributed by atoms with Crippen LogP contribution in [0.5, 0.6) is 0 Å². The van der Waals surface area contributed by atoms with Crippen LogP contribution in [-0.2, 0) is 11.3 Å². The number of hydrogen-bond donors (Lipinski definition) is 1. The lowest BCUT2D eigenvalue weighted by Gasteiger charge is -2.22. The van der Waals surface area contributed by atoms with Crippen LogP contribution in [0.15, 0.2) is 6.07 Å². The van der Waals surface area contributed by atoms with Gasteiger partial charge in [-0.3, -0.25) is 4.90 Å². The van der Waals surface area contributed by atoms with Gasteiger partial charge in [-0.05, 0) is 32.5 Å². The Morgan fingerprint density at radius 3 is 2.82 bits per heavy atom. The van der Waals surface area contributed by atoms with E-state index >= 15 is 0 Å². The van der Waals surface area contributed by atoms with Crippen LogP contribution in [0.25, 0.3) is 0 Å². The topological polar surface area (TPSA) is 49.8 Å². The van der Waals surface area contributed by atoms with Crippen molar-refractivity contribution in [2.75, 3.05) is 20.8 Å². The fourth-order valence-electron chi connectivity index (χ4n) is 1.44. The Hall–Kier alpha value is -0.910. The fraction of sp³-hybridized carbons (Fsp3) is 0.583. The van der Waals surface area contributed by atoms with Crippen molar-refractivity contribution in [3.63, 3.8) is 0 Å². The van der Waals surface area contributed by atoms with Crippen molar-refractivity contribution in [2.24, 2.45) is 0 Å². The highest BCUT2D eigenvalue weighted by molar-refractivity contribution is 7.14. The highest BCUT2D eigenvalue weighted by Crippen LogP contribution is 2.23. The molecule has 0 radical (unpaired) electrons. The van der Waals surface area contributed by atoms with Gasteiger partial charge in [-0.15, -0.1) is 11.3 Å². The molecule has 4 nitrogen and oxygen atoms in total. The Kier molecular flexibility index (Phi) is 5.11. The number of aliphatic hydroxyl groups excluding tert-OH is 1. The molecular weight excluding hydrogens is 238 g/mol. The first kappa shape index (κ1) is 14.2. The normalized spacial score (nSPS) is 12.8. The molecule has 1 heterocycles. The molecule has 0 spiro atoms. The maximum absolute atomic E-state index is 11.4. The summed E-state index contributed by atoms with van der Waals surface area (Å²) in [4.78, 5) is 15.2. The van der Waals surface area contributed by atoms with E-state index in [0.29, 0.717) is 4.88 Å². The standard InChI is InChI=1S/C12H19NO3S/c1-8(7-14)13(3)6-10-5-11(12(15)16-4)17-9(10)2/h5,8,14H,6-7H2,1-4H3. The third kappa shape index (κ3) is 3.52. The quantitative estimate of drug-likeness (QED) is 0.815. The summed E-state index contributed by atoms with van der Waals surface area (Å²) in [5.74, 6) is -0.290. The van der Waals surface area contributed by atoms with E-state index in [1.807, 2.05) is 27.0 Å². The summed E-state index contributed by atoms with van der Waals surface area (Å²) < 4.78 is 4.70. The molecule has 5 heteroatoms. The zero-order chi connectivity index (χ0) is 13.0. The Morgan fingerprint density at radius 2 is 2.29 bits per heavy atom. The number of carbonyl (C=O) groups is 1. The van der Waals surface area contributed by atoms with Crippen LogP contribution in [-0.4, -0.2) is 42.8 Å². The second-order valence-electron chi connectivity index (χ2n) is 4.13. The van der Waals surface area contributed by atoms with Crippen LogP contribution in [0.4, 0.5) is 0 Å². The van der Waals surface area contributed by atoms with Crippen molar-refractivity contribution in [1.29, 1.82) is 0 Å². The molecule has 1 aromatic heterocycles. The van der Waals surface area contributed by atoms with E-state index in [1.54, 1.807) is 0 Å². The van der Waals surface area contributed by atoms with Gasteiger partial charge in [0.05, 0.1) is 13.7 Å². The van der Waals surface area contributed by atoms with Crippen LogP contribution in [0.2, 0.25) is 0 Å². The predicted molar refractivity (Wildman–Crippen MR) is 68.4 cm³/mol. The van der Waals surface area contributed by atoms with Crippen molar-refractivity contribution >= 4 is 17.3 Å². The van der Waals surface area contributed by atoms with Crippen molar-refractivity contribution in [1.82, 2.24) is 4.90 Å². The number of carbonyl (C=O) groups excluding carboxylic acids is 1. The minimum absolute atomic E-state index is 0.107. The van der Waals surface area contributed by atoms with Crippen LogP contribution in [0, 0.1) is 6.92 Å². The maximum Gasteiger partial charge on any atom is 0.348 e. The van der Waals surface area contributed by atoms with Gasteiger partial charge in [0.15, 0.2) is 0 Å². The summed E-state index contributed by atoms with van der Waals surface area (Å²) in [5, 5.41) is 9.07. The highest BCUT2D eigenvalue weighted by atomic mass is 32.1. The molecule has 0 amide bonds. The highest BCUT2D eigenvalue weighted by Gasteiger charge is 2.15. The monoisotopic (exact) mass is 257 g/mol. The number of thiophene rings is 1. The first-order valence-electron chi connectivity index (χ1n) is 5.48. The van der Waals surface area contributed by atoms with E-state index in [0.717, 1.165) is 17.0 Å². The third-order valence-electron chi connectivity index (χ3n) is 2.84. The first-order chi connectivity index (χ1) is 7.99. The molecule has 0 saturated carbocycles. The van der Waals surface area contributed by atoms with Gasteiger partial charge in [0.2, 0.25) is 0 Å². The average Bonchev–Trinajstić information content (AvgIpc) is 2.68. The lowest BCUT2D eigenvalue weighted by Crippen LogP contribution is -2.31. The summed E-state index contributed by atoms with van der Waals surface area (Å²) in [6, 6.07) is 1.97. The van der Waals surface area contributed by atoms with E-state index in [-0.39, 0.29) is 18.6 Å². The van der Waals surface area contributed by atoms with Crippen LogP contribution >= 0.6 is 11.3 Å². The molecule has 0 aliphatic carbocycles. The lowest BCUT2D eigenvalue weighted by molar-refractivity contribution is 0.0606. The molecule has 0 aliphatic heterocycles. The Labute approximate surface area is 106 Å². The SMILES string of the molecule is COC(=O)c1cc(CN(C)C(C)CO)c(C)s1. The fourth-order valence-corrected chi connectivity index (χ4v) is 2.39.